The highest BCUT2D eigenvalue weighted by Crippen LogP contribution is 2.36. The van der Waals surface area contributed by atoms with Gasteiger partial charge in [-0.2, -0.15) is 0 Å². The molecule has 0 bridgehead atoms. The van der Waals surface area contributed by atoms with Crippen molar-refractivity contribution in [3.8, 4) is 5.75 Å². The van der Waals surface area contributed by atoms with E-state index in [2.05, 4.69) is 57.0 Å². The zero-order chi connectivity index (χ0) is 14.3. The topological polar surface area (TPSA) is 35.2 Å². The van der Waals surface area contributed by atoms with Gasteiger partial charge in [-0.15, -0.1) is 0 Å². The minimum atomic E-state index is -0.159. The number of aryl methyl sites for hydroxylation is 1. The fourth-order valence-corrected chi connectivity index (χ4v) is 3.61. The zero-order valence-corrected chi connectivity index (χ0v) is 14.2. The standard InChI is InChI=1S/C16H15Br2NO/c1-9-6-13(18)11(8-12(9)17)16(19)15-7-10-4-2-3-5-14(10)20-15/h2-6,8,15-16H,7,19H2,1H3. The van der Waals surface area contributed by atoms with E-state index < -0.39 is 0 Å². The second-order valence-corrected chi connectivity index (χ2v) is 6.83. The third-order valence-corrected chi connectivity index (χ3v) is 5.25. The van der Waals surface area contributed by atoms with Crippen molar-refractivity contribution < 1.29 is 4.74 Å². The highest BCUT2D eigenvalue weighted by atomic mass is 79.9. The van der Waals surface area contributed by atoms with Crippen molar-refractivity contribution in [2.45, 2.75) is 25.5 Å². The molecular formula is C16H15Br2NO. The Kier molecular flexibility index (Phi) is 3.89. The molecule has 0 aliphatic carbocycles. The molecule has 2 unspecified atom stereocenters. The number of rotatable bonds is 2. The Balaban J connectivity index is 1.88. The van der Waals surface area contributed by atoms with Crippen molar-refractivity contribution in [2.24, 2.45) is 5.73 Å². The molecule has 1 aliphatic heterocycles. The number of nitrogens with two attached hydrogens (primary N) is 1. The molecule has 0 amide bonds. The molecule has 20 heavy (non-hydrogen) atoms. The van der Waals surface area contributed by atoms with Crippen LogP contribution in [0.5, 0.6) is 5.75 Å². The van der Waals surface area contributed by atoms with Crippen LogP contribution in [0.1, 0.15) is 22.7 Å². The smallest absolute Gasteiger partial charge is 0.123 e. The number of fused-ring (bicyclic) bond motifs is 1. The lowest BCUT2D eigenvalue weighted by molar-refractivity contribution is 0.199. The van der Waals surface area contributed by atoms with Gasteiger partial charge in [-0.05, 0) is 41.8 Å². The summed E-state index contributed by atoms with van der Waals surface area (Å²) in [6.07, 6.45) is 0.841. The molecule has 0 saturated heterocycles. The minimum absolute atomic E-state index is 0.0155. The van der Waals surface area contributed by atoms with E-state index in [0.717, 1.165) is 26.7 Å². The highest BCUT2D eigenvalue weighted by molar-refractivity contribution is 9.11. The average molecular weight is 397 g/mol. The lowest BCUT2D eigenvalue weighted by atomic mass is 9.98. The molecule has 2 atom stereocenters. The molecule has 4 heteroatoms. The molecule has 0 radical (unpaired) electrons. The molecule has 0 fully saturated rings. The van der Waals surface area contributed by atoms with Gasteiger partial charge in [-0.1, -0.05) is 50.1 Å². The van der Waals surface area contributed by atoms with Gasteiger partial charge in [0.15, 0.2) is 0 Å². The van der Waals surface area contributed by atoms with E-state index in [9.17, 15) is 0 Å². The van der Waals surface area contributed by atoms with E-state index in [1.54, 1.807) is 0 Å². The summed E-state index contributed by atoms with van der Waals surface area (Å²) in [5, 5.41) is 0. The lowest BCUT2D eigenvalue weighted by Gasteiger charge is -2.21. The van der Waals surface area contributed by atoms with Crippen LogP contribution in [0, 0.1) is 6.92 Å². The number of benzene rings is 2. The number of hydrogen-bond acceptors (Lipinski definition) is 2. The third-order valence-electron chi connectivity index (χ3n) is 3.71. The van der Waals surface area contributed by atoms with Crippen LogP contribution in [0.15, 0.2) is 45.3 Å². The first kappa shape index (κ1) is 14.1. The van der Waals surface area contributed by atoms with Crippen LogP contribution in [0.3, 0.4) is 0 Å². The maximum atomic E-state index is 6.42. The molecule has 3 rings (SSSR count). The summed E-state index contributed by atoms with van der Waals surface area (Å²) in [6.45, 7) is 2.06. The Bertz CT molecular complexity index is 632. The molecule has 2 aromatic carbocycles. The maximum Gasteiger partial charge on any atom is 0.123 e. The Morgan fingerprint density at radius 1 is 1.20 bits per heavy atom. The number of ether oxygens (including phenoxy) is 1. The van der Waals surface area contributed by atoms with Crippen molar-refractivity contribution in [2.75, 3.05) is 0 Å². The number of hydrogen-bond donors (Lipinski definition) is 1. The molecule has 1 heterocycles. The summed E-state index contributed by atoms with van der Waals surface area (Å²) < 4.78 is 8.09. The predicted molar refractivity (Wildman–Crippen MR) is 88.1 cm³/mol. The largest absolute Gasteiger partial charge is 0.488 e. The fourth-order valence-electron chi connectivity index (χ4n) is 2.53. The average Bonchev–Trinajstić information content (AvgIpc) is 2.86. The van der Waals surface area contributed by atoms with Crippen LogP contribution < -0.4 is 10.5 Å². The van der Waals surface area contributed by atoms with Gasteiger partial charge in [-0.3, -0.25) is 0 Å². The summed E-state index contributed by atoms with van der Waals surface area (Å²) in [5.74, 6) is 0.954. The molecule has 0 saturated carbocycles. The minimum Gasteiger partial charge on any atom is -0.488 e. The van der Waals surface area contributed by atoms with Crippen LogP contribution >= 0.6 is 31.9 Å². The van der Waals surface area contributed by atoms with E-state index in [1.165, 1.54) is 11.1 Å². The summed E-state index contributed by atoms with van der Waals surface area (Å²) in [4.78, 5) is 0. The quantitative estimate of drug-likeness (QED) is 0.809. The van der Waals surface area contributed by atoms with E-state index >= 15 is 0 Å². The summed E-state index contributed by atoms with van der Waals surface area (Å²) in [6, 6.07) is 12.1. The molecule has 1 aliphatic rings. The fraction of sp³-hybridized carbons (Fsp3) is 0.250. The van der Waals surface area contributed by atoms with E-state index in [-0.39, 0.29) is 12.1 Å². The Hall–Kier alpha value is -0.840. The molecule has 2 aromatic rings. The van der Waals surface area contributed by atoms with Gasteiger partial charge in [0, 0.05) is 15.4 Å². The van der Waals surface area contributed by atoms with Crippen LogP contribution in [0.2, 0.25) is 0 Å². The van der Waals surface area contributed by atoms with Gasteiger partial charge in [-0.25, -0.2) is 0 Å². The number of para-hydroxylation sites is 1. The van der Waals surface area contributed by atoms with Gasteiger partial charge in [0.1, 0.15) is 11.9 Å². The van der Waals surface area contributed by atoms with E-state index in [1.807, 2.05) is 18.2 Å². The first-order valence-corrected chi connectivity index (χ1v) is 8.10. The van der Waals surface area contributed by atoms with Crippen molar-refractivity contribution in [3.63, 3.8) is 0 Å². The normalized spacial score (nSPS) is 18.5. The summed E-state index contributed by atoms with van der Waals surface area (Å²) in [7, 11) is 0. The lowest BCUT2D eigenvalue weighted by Crippen LogP contribution is -2.30. The second kappa shape index (κ2) is 5.51. The molecule has 0 aromatic heterocycles. The third kappa shape index (κ3) is 2.52. The molecule has 0 spiro atoms. The van der Waals surface area contributed by atoms with Gasteiger partial charge in [0.25, 0.3) is 0 Å². The van der Waals surface area contributed by atoms with Crippen LogP contribution in [-0.4, -0.2) is 6.10 Å². The van der Waals surface area contributed by atoms with Gasteiger partial charge < -0.3 is 10.5 Å². The van der Waals surface area contributed by atoms with Crippen molar-refractivity contribution in [1.29, 1.82) is 0 Å². The Morgan fingerprint density at radius 2 is 1.95 bits per heavy atom. The van der Waals surface area contributed by atoms with Gasteiger partial charge in [0.05, 0.1) is 6.04 Å². The van der Waals surface area contributed by atoms with Gasteiger partial charge in [0.2, 0.25) is 0 Å². The predicted octanol–water partition coefficient (Wildman–Crippen LogP) is 4.52. The monoisotopic (exact) mass is 395 g/mol. The summed E-state index contributed by atoms with van der Waals surface area (Å²) >= 11 is 7.18. The molecule has 2 nitrogen and oxygen atoms in total. The van der Waals surface area contributed by atoms with Crippen molar-refractivity contribution >= 4 is 31.9 Å². The van der Waals surface area contributed by atoms with Crippen LogP contribution in [0.4, 0.5) is 0 Å². The van der Waals surface area contributed by atoms with Crippen molar-refractivity contribution in [3.05, 3.63) is 62.0 Å². The van der Waals surface area contributed by atoms with Crippen LogP contribution in [0.25, 0.3) is 0 Å². The van der Waals surface area contributed by atoms with E-state index in [4.69, 9.17) is 10.5 Å². The Labute approximate surface area is 135 Å². The first-order chi connectivity index (χ1) is 9.56. The van der Waals surface area contributed by atoms with Crippen LogP contribution in [-0.2, 0) is 6.42 Å². The van der Waals surface area contributed by atoms with Gasteiger partial charge >= 0.3 is 0 Å². The first-order valence-electron chi connectivity index (χ1n) is 6.52. The molecular weight excluding hydrogens is 382 g/mol. The second-order valence-electron chi connectivity index (χ2n) is 5.12. The zero-order valence-electron chi connectivity index (χ0n) is 11.1. The number of halogens is 2. The SMILES string of the molecule is Cc1cc(Br)c(C(N)C2Cc3ccccc3O2)cc1Br. The molecule has 104 valence electrons. The Morgan fingerprint density at radius 3 is 2.70 bits per heavy atom. The maximum absolute atomic E-state index is 6.42. The highest BCUT2D eigenvalue weighted by Gasteiger charge is 2.30. The summed E-state index contributed by atoms with van der Waals surface area (Å²) in [5.41, 5.74) is 9.91. The van der Waals surface area contributed by atoms with Crippen molar-refractivity contribution in [1.82, 2.24) is 0 Å². The van der Waals surface area contributed by atoms with E-state index in [0.29, 0.717) is 0 Å². The molecule has 2 N–H and O–H groups in total.